The number of hydrogen-bond acceptors (Lipinski definition) is 3. The molecule has 0 aliphatic carbocycles. The molecule has 4 rings (SSSR count). The van der Waals surface area contributed by atoms with Crippen LogP contribution in [0.2, 0.25) is 0 Å². The van der Waals surface area contributed by atoms with Gasteiger partial charge in [-0.3, -0.25) is 9.59 Å². The molecule has 2 amide bonds. The molecule has 33 heavy (non-hydrogen) atoms. The molecule has 1 saturated heterocycles. The molecule has 170 valence electrons. The number of nitrogens with zero attached hydrogens (tertiary/aromatic N) is 1. The van der Waals surface area contributed by atoms with Gasteiger partial charge in [-0.05, 0) is 47.7 Å². The highest BCUT2D eigenvalue weighted by atomic mass is 16.5. The molecule has 1 atom stereocenters. The van der Waals surface area contributed by atoms with Gasteiger partial charge in [0.05, 0.1) is 19.4 Å². The van der Waals surface area contributed by atoms with E-state index in [9.17, 15) is 9.59 Å². The summed E-state index contributed by atoms with van der Waals surface area (Å²) >= 11 is 0. The van der Waals surface area contributed by atoms with Gasteiger partial charge in [-0.1, -0.05) is 66.2 Å². The summed E-state index contributed by atoms with van der Waals surface area (Å²) in [5.41, 5.74) is 5.50. The number of hydrogen-bond donors (Lipinski definition) is 1. The first-order valence-electron chi connectivity index (χ1n) is 11.4. The molecule has 1 unspecified atom stereocenters. The van der Waals surface area contributed by atoms with E-state index in [1.54, 1.807) is 7.11 Å². The number of carbonyl (C=O) groups is 2. The van der Waals surface area contributed by atoms with Crippen LogP contribution in [0.3, 0.4) is 0 Å². The van der Waals surface area contributed by atoms with Crippen LogP contribution in [0.25, 0.3) is 11.1 Å². The number of rotatable bonds is 6. The van der Waals surface area contributed by atoms with Gasteiger partial charge in [0.1, 0.15) is 5.75 Å². The lowest BCUT2D eigenvalue weighted by molar-refractivity contribution is -0.131. The van der Waals surface area contributed by atoms with E-state index in [0.29, 0.717) is 26.1 Å². The minimum atomic E-state index is -0.298. The lowest BCUT2D eigenvalue weighted by Crippen LogP contribution is -2.38. The van der Waals surface area contributed by atoms with Crippen molar-refractivity contribution in [2.75, 3.05) is 26.7 Å². The van der Waals surface area contributed by atoms with Crippen LogP contribution in [-0.4, -0.2) is 43.5 Å². The molecule has 5 heteroatoms. The third-order valence-electron chi connectivity index (χ3n) is 6.18. The molecular formula is C28H30N2O3. The summed E-state index contributed by atoms with van der Waals surface area (Å²) in [5, 5.41) is 3.00. The molecule has 0 radical (unpaired) electrons. The molecule has 1 fully saturated rings. The second-order valence-corrected chi connectivity index (χ2v) is 8.58. The summed E-state index contributed by atoms with van der Waals surface area (Å²) < 4.78 is 5.27. The summed E-state index contributed by atoms with van der Waals surface area (Å²) in [6, 6.07) is 24.2. The summed E-state index contributed by atoms with van der Waals surface area (Å²) in [6.45, 7) is 3.48. The maximum atomic E-state index is 13.1. The molecule has 1 N–H and O–H groups in total. The fourth-order valence-corrected chi connectivity index (χ4v) is 4.33. The Kier molecular flexibility index (Phi) is 7.08. The molecule has 0 saturated carbocycles. The first kappa shape index (κ1) is 22.6. The van der Waals surface area contributed by atoms with Gasteiger partial charge in [-0.2, -0.15) is 0 Å². The topological polar surface area (TPSA) is 58.6 Å². The summed E-state index contributed by atoms with van der Waals surface area (Å²) in [7, 11) is 1.62. The van der Waals surface area contributed by atoms with Gasteiger partial charge in [0, 0.05) is 19.6 Å². The number of amides is 2. The van der Waals surface area contributed by atoms with Gasteiger partial charge in [0.2, 0.25) is 11.8 Å². The van der Waals surface area contributed by atoms with Crippen LogP contribution >= 0.6 is 0 Å². The van der Waals surface area contributed by atoms with E-state index in [0.717, 1.165) is 28.0 Å². The van der Waals surface area contributed by atoms with Gasteiger partial charge in [-0.15, -0.1) is 0 Å². The Balaban J connectivity index is 1.51. The molecule has 1 aliphatic rings. The second-order valence-electron chi connectivity index (χ2n) is 8.58. The van der Waals surface area contributed by atoms with Gasteiger partial charge < -0.3 is 15.0 Å². The Bertz CT molecular complexity index is 1120. The van der Waals surface area contributed by atoms with Crippen molar-refractivity contribution in [3.05, 3.63) is 89.5 Å². The second kappa shape index (κ2) is 10.3. The fourth-order valence-electron chi connectivity index (χ4n) is 4.33. The van der Waals surface area contributed by atoms with Crippen molar-refractivity contribution in [1.82, 2.24) is 10.2 Å². The van der Waals surface area contributed by atoms with Crippen molar-refractivity contribution in [2.24, 2.45) is 5.92 Å². The molecule has 0 spiro atoms. The number of aryl methyl sites for hydroxylation is 1. The maximum absolute atomic E-state index is 13.1. The molecule has 1 aliphatic heterocycles. The normalized spacial score (nSPS) is 16.1. The zero-order valence-electron chi connectivity index (χ0n) is 19.2. The Morgan fingerprint density at radius 1 is 1.06 bits per heavy atom. The summed E-state index contributed by atoms with van der Waals surface area (Å²) in [5.74, 6) is 0.467. The first-order valence-corrected chi connectivity index (χ1v) is 11.4. The molecule has 5 nitrogen and oxygen atoms in total. The van der Waals surface area contributed by atoms with E-state index in [4.69, 9.17) is 4.74 Å². The molecule has 1 heterocycles. The lowest BCUT2D eigenvalue weighted by atomic mass is 9.91. The Morgan fingerprint density at radius 3 is 2.64 bits per heavy atom. The van der Waals surface area contributed by atoms with Gasteiger partial charge >= 0.3 is 0 Å². The Hall–Kier alpha value is -3.60. The van der Waals surface area contributed by atoms with Gasteiger partial charge in [-0.25, -0.2) is 0 Å². The monoisotopic (exact) mass is 442 g/mol. The average Bonchev–Trinajstić information content (AvgIpc) is 3.01. The number of benzene rings is 3. The van der Waals surface area contributed by atoms with Gasteiger partial charge in [0.25, 0.3) is 0 Å². The fraction of sp³-hybridized carbons (Fsp3) is 0.286. The SMILES string of the molecule is COc1cccc(CC(=O)N2CCNC(=O)C(Cc3ccccc3-c3ccc(C)cc3)C2)c1. The van der Waals surface area contributed by atoms with Crippen molar-refractivity contribution < 1.29 is 14.3 Å². The molecule has 0 aromatic heterocycles. The van der Waals surface area contributed by atoms with E-state index >= 15 is 0 Å². The first-order chi connectivity index (χ1) is 16.0. The summed E-state index contributed by atoms with van der Waals surface area (Å²) in [4.78, 5) is 27.8. The summed E-state index contributed by atoms with van der Waals surface area (Å²) in [6.07, 6.45) is 0.872. The van der Waals surface area contributed by atoms with Crippen LogP contribution in [0.5, 0.6) is 5.75 Å². The van der Waals surface area contributed by atoms with Crippen LogP contribution in [0, 0.1) is 12.8 Å². The van der Waals surface area contributed by atoms with E-state index in [2.05, 4.69) is 48.6 Å². The highest BCUT2D eigenvalue weighted by molar-refractivity contribution is 5.83. The minimum absolute atomic E-state index is 0.00499. The van der Waals surface area contributed by atoms with Crippen LogP contribution in [-0.2, 0) is 22.4 Å². The largest absolute Gasteiger partial charge is 0.497 e. The van der Waals surface area contributed by atoms with Crippen LogP contribution in [0.1, 0.15) is 16.7 Å². The lowest BCUT2D eigenvalue weighted by Gasteiger charge is -2.24. The molecule has 0 bridgehead atoms. The number of carbonyl (C=O) groups excluding carboxylic acids is 2. The number of ether oxygens (including phenoxy) is 1. The Labute approximate surface area is 195 Å². The van der Waals surface area contributed by atoms with Crippen molar-refractivity contribution in [3.63, 3.8) is 0 Å². The zero-order valence-corrected chi connectivity index (χ0v) is 19.2. The average molecular weight is 443 g/mol. The van der Waals surface area contributed by atoms with Crippen molar-refractivity contribution in [3.8, 4) is 16.9 Å². The van der Waals surface area contributed by atoms with Crippen LogP contribution < -0.4 is 10.1 Å². The number of nitrogens with one attached hydrogen (secondary N) is 1. The minimum Gasteiger partial charge on any atom is -0.497 e. The molecule has 3 aromatic carbocycles. The maximum Gasteiger partial charge on any atom is 0.227 e. The molecule has 3 aromatic rings. The third-order valence-corrected chi connectivity index (χ3v) is 6.18. The van der Waals surface area contributed by atoms with E-state index in [1.807, 2.05) is 41.3 Å². The van der Waals surface area contributed by atoms with E-state index in [1.165, 1.54) is 5.56 Å². The van der Waals surface area contributed by atoms with E-state index < -0.39 is 0 Å². The van der Waals surface area contributed by atoms with Crippen molar-refractivity contribution >= 4 is 11.8 Å². The zero-order chi connectivity index (χ0) is 23.2. The van der Waals surface area contributed by atoms with Crippen molar-refractivity contribution in [1.29, 1.82) is 0 Å². The van der Waals surface area contributed by atoms with E-state index in [-0.39, 0.29) is 24.2 Å². The van der Waals surface area contributed by atoms with Crippen molar-refractivity contribution in [2.45, 2.75) is 19.8 Å². The van der Waals surface area contributed by atoms with Crippen LogP contribution in [0.15, 0.2) is 72.8 Å². The van der Waals surface area contributed by atoms with Gasteiger partial charge in [0.15, 0.2) is 0 Å². The standard InChI is InChI=1S/C28H30N2O3/c1-20-10-12-22(13-11-20)26-9-4-3-7-23(26)18-24-19-30(15-14-29-28(24)32)27(31)17-21-6-5-8-25(16-21)33-2/h3-13,16,24H,14-15,17-19H2,1-2H3,(H,29,32). The molecular weight excluding hydrogens is 412 g/mol. The van der Waals surface area contributed by atoms with Crippen LogP contribution in [0.4, 0.5) is 0 Å². The predicted molar refractivity (Wildman–Crippen MR) is 130 cm³/mol. The highest BCUT2D eigenvalue weighted by Crippen LogP contribution is 2.27. The quantitative estimate of drug-likeness (QED) is 0.627. The predicted octanol–water partition coefficient (Wildman–Crippen LogP) is 4.03. The highest BCUT2D eigenvalue weighted by Gasteiger charge is 2.28. The Morgan fingerprint density at radius 2 is 1.85 bits per heavy atom. The smallest absolute Gasteiger partial charge is 0.227 e. The third kappa shape index (κ3) is 5.61. The number of methoxy groups -OCH3 is 1.